The summed E-state index contributed by atoms with van der Waals surface area (Å²) in [6.07, 6.45) is 0. The maximum atomic E-state index is 12.7. The van der Waals surface area contributed by atoms with E-state index in [1.54, 1.807) is 25.1 Å². The van der Waals surface area contributed by atoms with Gasteiger partial charge in [0.05, 0.1) is 10.4 Å². The van der Waals surface area contributed by atoms with Gasteiger partial charge < -0.3 is 0 Å². The fourth-order valence-corrected chi connectivity index (χ4v) is 4.17. The van der Waals surface area contributed by atoms with Gasteiger partial charge in [-0.2, -0.15) is 0 Å². The molecule has 0 aliphatic rings. The van der Waals surface area contributed by atoms with Crippen LogP contribution in [0.25, 0.3) is 0 Å². The number of halogens is 1. The Morgan fingerprint density at radius 1 is 1.00 bits per heavy atom. The molecule has 5 heteroatoms. The van der Waals surface area contributed by atoms with Gasteiger partial charge in [0.15, 0.2) is 0 Å². The fraction of sp³-hybridized carbons (Fsp3) is 0.294. The minimum absolute atomic E-state index is 0.314. The summed E-state index contributed by atoms with van der Waals surface area (Å²) in [6.45, 7) is 7.34. The lowest BCUT2D eigenvalue weighted by atomic mass is 9.96. The highest BCUT2D eigenvalue weighted by molar-refractivity contribution is 7.89. The van der Waals surface area contributed by atoms with Crippen molar-refractivity contribution in [2.45, 2.75) is 38.1 Å². The second-order valence-corrected chi connectivity index (χ2v) is 8.09. The highest BCUT2D eigenvalue weighted by Gasteiger charge is 2.28. The highest BCUT2D eigenvalue weighted by atomic mass is 35.5. The maximum absolute atomic E-state index is 12.7. The molecule has 3 nitrogen and oxygen atoms in total. The van der Waals surface area contributed by atoms with E-state index in [1.165, 1.54) is 0 Å². The molecule has 0 spiro atoms. The van der Waals surface area contributed by atoms with Gasteiger partial charge in [-0.05, 0) is 62.6 Å². The van der Waals surface area contributed by atoms with E-state index in [1.807, 2.05) is 45.0 Å². The number of benzene rings is 2. The first kappa shape index (κ1) is 17.0. The van der Waals surface area contributed by atoms with E-state index >= 15 is 0 Å². The molecule has 0 unspecified atom stereocenters. The highest BCUT2D eigenvalue weighted by Crippen LogP contribution is 2.26. The van der Waals surface area contributed by atoms with Crippen molar-refractivity contribution in [3.05, 3.63) is 64.2 Å². The summed E-state index contributed by atoms with van der Waals surface area (Å²) in [6, 6.07) is 12.6. The molecule has 0 fully saturated rings. The smallest absolute Gasteiger partial charge is 0.207 e. The molecular weight excluding hydrogens is 318 g/mol. The summed E-state index contributed by atoms with van der Waals surface area (Å²) in [5.41, 5.74) is 1.76. The van der Waals surface area contributed by atoms with E-state index in [0.717, 1.165) is 16.7 Å². The van der Waals surface area contributed by atoms with Crippen LogP contribution in [0.2, 0.25) is 5.02 Å². The third-order valence-electron chi connectivity index (χ3n) is 3.59. The number of sulfonamides is 1. The Morgan fingerprint density at radius 2 is 1.59 bits per heavy atom. The van der Waals surface area contributed by atoms with E-state index in [2.05, 4.69) is 4.72 Å². The summed E-state index contributed by atoms with van der Waals surface area (Å²) >= 11 is 5.89. The predicted molar refractivity (Wildman–Crippen MR) is 90.7 cm³/mol. The van der Waals surface area contributed by atoms with Gasteiger partial charge in [-0.15, -0.1) is 0 Å². The molecule has 2 rings (SSSR count). The standard InChI is InChI=1S/C17H20ClNO2S/c1-12-5-6-13(2)16(11-12)22(20,21)19-17(3,4)14-7-9-15(18)10-8-14/h5-11,19H,1-4H3. The normalized spacial score (nSPS) is 12.4. The molecule has 22 heavy (non-hydrogen) atoms. The maximum Gasteiger partial charge on any atom is 0.241 e. The molecule has 1 N–H and O–H groups in total. The molecule has 0 saturated heterocycles. The summed E-state index contributed by atoms with van der Waals surface area (Å²) in [5, 5.41) is 0.622. The van der Waals surface area contributed by atoms with Gasteiger partial charge in [0, 0.05) is 5.02 Å². The minimum Gasteiger partial charge on any atom is -0.207 e. The average Bonchev–Trinajstić information content (AvgIpc) is 2.40. The fourth-order valence-electron chi connectivity index (χ4n) is 2.31. The zero-order valence-corrected chi connectivity index (χ0v) is 14.7. The summed E-state index contributed by atoms with van der Waals surface area (Å²) < 4.78 is 28.2. The third-order valence-corrected chi connectivity index (χ3v) is 5.64. The number of nitrogens with one attached hydrogen (secondary N) is 1. The first-order valence-corrected chi connectivity index (χ1v) is 8.85. The Labute approximate surface area is 137 Å². The number of rotatable bonds is 4. The van der Waals surface area contributed by atoms with Gasteiger partial charge in [-0.25, -0.2) is 13.1 Å². The van der Waals surface area contributed by atoms with E-state index < -0.39 is 15.6 Å². The van der Waals surface area contributed by atoms with Gasteiger partial charge in [-0.1, -0.05) is 35.9 Å². The van der Waals surface area contributed by atoms with E-state index in [-0.39, 0.29) is 0 Å². The van der Waals surface area contributed by atoms with Crippen molar-refractivity contribution >= 4 is 21.6 Å². The van der Waals surface area contributed by atoms with Crippen molar-refractivity contribution in [3.8, 4) is 0 Å². The quantitative estimate of drug-likeness (QED) is 0.910. The predicted octanol–water partition coefficient (Wildman–Crippen LogP) is 4.17. The Morgan fingerprint density at radius 3 is 2.18 bits per heavy atom. The Balaban J connectivity index is 2.39. The van der Waals surface area contributed by atoms with Crippen molar-refractivity contribution < 1.29 is 8.42 Å². The van der Waals surface area contributed by atoms with Crippen molar-refractivity contribution in [1.29, 1.82) is 0 Å². The van der Waals surface area contributed by atoms with Gasteiger partial charge in [-0.3, -0.25) is 0 Å². The van der Waals surface area contributed by atoms with Crippen LogP contribution in [0, 0.1) is 13.8 Å². The van der Waals surface area contributed by atoms with E-state index in [4.69, 9.17) is 11.6 Å². The second kappa shape index (κ2) is 6.03. The van der Waals surface area contributed by atoms with Crippen LogP contribution < -0.4 is 4.72 Å². The van der Waals surface area contributed by atoms with Crippen molar-refractivity contribution in [2.75, 3.05) is 0 Å². The third kappa shape index (κ3) is 3.69. The van der Waals surface area contributed by atoms with Crippen molar-refractivity contribution in [1.82, 2.24) is 4.72 Å². The number of hydrogen-bond acceptors (Lipinski definition) is 2. The zero-order valence-electron chi connectivity index (χ0n) is 13.1. The monoisotopic (exact) mass is 337 g/mol. The van der Waals surface area contributed by atoms with E-state index in [0.29, 0.717) is 9.92 Å². The van der Waals surface area contributed by atoms with Crippen LogP contribution in [0.15, 0.2) is 47.4 Å². The largest absolute Gasteiger partial charge is 0.241 e. The van der Waals surface area contributed by atoms with Crippen LogP contribution in [0.1, 0.15) is 30.5 Å². The first-order chi connectivity index (χ1) is 10.1. The topological polar surface area (TPSA) is 46.2 Å². The van der Waals surface area contributed by atoms with Crippen molar-refractivity contribution in [2.24, 2.45) is 0 Å². The molecule has 118 valence electrons. The van der Waals surface area contributed by atoms with Crippen molar-refractivity contribution in [3.63, 3.8) is 0 Å². The van der Waals surface area contributed by atoms with Crippen LogP contribution in [0.3, 0.4) is 0 Å². The Bertz CT molecular complexity index is 781. The summed E-state index contributed by atoms with van der Waals surface area (Å²) in [7, 11) is -3.61. The molecule has 0 heterocycles. The summed E-state index contributed by atoms with van der Waals surface area (Å²) in [4.78, 5) is 0.314. The van der Waals surface area contributed by atoms with Crippen LogP contribution >= 0.6 is 11.6 Å². The van der Waals surface area contributed by atoms with Gasteiger partial charge in [0.25, 0.3) is 0 Å². The zero-order chi connectivity index (χ0) is 16.5. The number of hydrogen-bond donors (Lipinski definition) is 1. The van der Waals surface area contributed by atoms with Crippen LogP contribution in [-0.2, 0) is 15.6 Å². The molecule has 0 atom stereocenters. The average molecular weight is 338 g/mol. The molecule has 2 aromatic carbocycles. The lowest BCUT2D eigenvalue weighted by molar-refractivity contribution is 0.472. The van der Waals surface area contributed by atoms with Gasteiger partial charge >= 0.3 is 0 Å². The molecule has 0 radical (unpaired) electrons. The molecule has 0 aromatic heterocycles. The van der Waals surface area contributed by atoms with Crippen LogP contribution in [0.4, 0.5) is 0 Å². The van der Waals surface area contributed by atoms with Gasteiger partial charge in [0.2, 0.25) is 10.0 Å². The molecule has 0 saturated carbocycles. The Hall–Kier alpha value is -1.36. The van der Waals surface area contributed by atoms with Gasteiger partial charge in [0.1, 0.15) is 0 Å². The molecule has 2 aromatic rings. The first-order valence-electron chi connectivity index (χ1n) is 6.99. The van der Waals surface area contributed by atoms with Crippen LogP contribution in [-0.4, -0.2) is 8.42 Å². The lowest BCUT2D eigenvalue weighted by Crippen LogP contribution is -2.41. The second-order valence-electron chi connectivity index (χ2n) is 6.01. The van der Waals surface area contributed by atoms with Crippen LogP contribution in [0.5, 0.6) is 0 Å². The molecule has 0 bridgehead atoms. The molecular formula is C17H20ClNO2S. The molecule has 0 amide bonds. The lowest BCUT2D eigenvalue weighted by Gasteiger charge is -2.27. The van der Waals surface area contributed by atoms with E-state index in [9.17, 15) is 8.42 Å². The molecule has 0 aliphatic heterocycles. The minimum atomic E-state index is -3.61. The SMILES string of the molecule is Cc1ccc(C)c(S(=O)(=O)NC(C)(C)c2ccc(Cl)cc2)c1. The molecule has 0 aliphatic carbocycles. The summed E-state index contributed by atoms with van der Waals surface area (Å²) in [5.74, 6) is 0. The number of aryl methyl sites for hydroxylation is 2. The Kier molecular flexibility index (Phi) is 4.66.